The van der Waals surface area contributed by atoms with E-state index in [-0.39, 0.29) is 17.9 Å². The van der Waals surface area contributed by atoms with Gasteiger partial charge in [-0.15, -0.1) is 5.10 Å². The molecule has 0 spiro atoms. The molecular weight excluding hydrogens is 234 g/mol. The fourth-order valence-electron chi connectivity index (χ4n) is 1.40. The first kappa shape index (κ1) is 12.0. The smallest absolute Gasteiger partial charge is 0.337 e. The highest BCUT2D eigenvalue weighted by Crippen LogP contribution is 2.09. The van der Waals surface area contributed by atoms with Gasteiger partial charge in [-0.2, -0.15) is 4.98 Å². The number of H-pyrrole nitrogens is 1. The third kappa shape index (κ3) is 2.62. The second-order valence-electron chi connectivity index (χ2n) is 3.49. The Morgan fingerprint density at radius 3 is 3.11 bits per heavy atom. The number of hydrogen-bond donors (Lipinski definition) is 2. The zero-order chi connectivity index (χ0) is 13.0. The van der Waals surface area contributed by atoms with Gasteiger partial charge in [0.15, 0.2) is 0 Å². The number of aromatic nitrogens is 4. The number of nitrogens with zero attached hydrogens (tertiary/aromatic N) is 3. The standard InChI is InChI=1S/C11H13N5O2/c1-3-18-11-14-10(15-16-11)13-9(17)8-5-4-6-12-7(8)2/h4-6H,3H2,1-2H3,(H2,13,14,15,16,17). The zero-order valence-corrected chi connectivity index (χ0v) is 10.1. The van der Waals surface area contributed by atoms with Gasteiger partial charge in [0.2, 0.25) is 5.95 Å². The van der Waals surface area contributed by atoms with Crippen LogP contribution in [0.15, 0.2) is 18.3 Å². The monoisotopic (exact) mass is 247 g/mol. The molecule has 2 N–H and O–H groups in total. The molecule has 2 rings (SSSR count). The number of aromatic amines is 1. The van der Waals surface area contributed by atoms with Gasteiger partial charge < -0.3 is 4.74 Å². The zero-order valence-electron chi connectivity index (χ0n) is 10.1. The summed E-state index contributed by atoms with van der Waals surface area (Å²) in [6, 6.07) is 3.60. The third-order valence-electron chi connectivity index (χ3n) is 2.22. The minimum Gasteiger partial charge on any atom is -0.463 e. The molecule has 0 saturated carbocycles. The quantitative estimate of drug-likeness (QED) is 0.845. The van der Waals surface area contributed by atoms with Crippen LogP contribution in [-0.4, -0.2) is 32.7 Å². The number of pyridine rings is 1. The minimum absolute atomic E-state index is 0.204. The van der Waals surface area contributed by atoms with Gasteiger partial charge in [0.05, 0.1) is 12.2 Å². The Hall–Kier alpha value is -2.44. The van der Waals surface area contributed by atoms with Crippen LogP contribution >= 0.6 is 0 Å². The average Bonchev–Trinajstić information content (AvgIpc) is 2.77. The second-order valence-corrected chi connectivity index (χ2v) is 3.49. The van der Waals surface area contributed by atoms with E-state index in [9.17, 15) is 4.79 Å². The highest BCUT2D eigenvalue weighted by molar-refractivity contribution is 6.04. The molecule has 0 atom stereocenters. The Morgan fingerprint density at radius 1 is 1.56 bits per heavy atom. The van der Waals surface area contributed by atoms with Crippen LogP contribution in [0, 0.1) is 6.92 Å². The van der Waals surface area contributed by atoms with Crippen molar-refractivity contribution < 1.29 is 9.53 Å². The first-order chi connectivity index (χ1) is 8.70. The van der Waals surface area contributed by atoms with Crippen molar-refractivity contribution in [3.05, 3.63) is 29.6 Å². The maximum atomic E-state index is 11.9. The van der Waals surface area contributed by atoms with Crippen LogP contribution in [-0.2, 0) is 0 Å². The van der Waals surface area contributed by atoms with E-state index < -0.39 is 0 Å². The lowest BCUT2D eigenvalue weighted by molar-refractivity contribution is 0.102. The van der Waals surface area contributed by atoms with E-state index in [0.29, 0.717) is 17.9 Å². The molecule has 0 bridgehead atoms. The summed E-state index contributed by atoms with van der Waals surface area (Å²) < 4.78 is 5.08. The van der Waals surface area contributed by atoms with Gasteiger partial charge in [-0.3, -0.25) is 15.1 Å². The van der Waals surface area contributed by atoms with Crippen LogP contribution in [0.4, 0.5) is 5.95 Å². The van der Waals surface area contributed by atoms with Gasteiger partial charge in [0, 0.05) is 11.9 Å². The first-order valence-corrected chi connectivity index (χ1v) is 5.49. The molecular formula is C11H13N5O2. The number of ether oxygens (including phenoxy) is 1. The summed E-state index contributed by atoms with van der Waals surface area (Å²) in [6.07, 6.45) is 1.63. The second kappa shape index (κ2) is 5.26. The van der Waals surface area contributed by atoms with Crippen molar-refractivity contribution in [2.75, 3.05) is 11.9 Å². The van der Waals surface area contributed by atoms with E-state index in [1.807, 2.05) is 6.92 Å². The molecule has 2 aromatic heterocycles. The molecule has 1 amide bonds. The summed E-state index contributed by atoms with van der Waals surface area (Å²) in [5.74, 6) is -0.0495. The van der Waals surface area contributed by atoms with Crippen LogP contribution < -0.4 is 10.1 Å². The molecule has 2 aromatic rings. The Balaban J connectivity index is 2.09. The van der Waals surface area contributed by atoms with Crippen LogP contribution in [0.25, 0.3) is 0 Å². The number of amides is 1. The number of nitrogens with one attached hydrogen (secondary N) is 2. The Kier molecular flexibility index (Phi) is 3.52. The molecule has 0 aliphatic carbocycles. The largest absolute Gasteiger partial charge is 0.463 e. The molecule has 0 aliphatic heterocycles. The molecule has 7 heteroatoms. The molecule has 7 nitrogen and oxygen atoms in total. The van der Waals surface area contributed by atoms with Crippen LogP contribution in [0.2, 0.25) is 0 Å². The van der Waals surface area contributed by atoms with Gasteiger partial charge in [0.25, 0.3) is 5.91 Å². The van der Waals surface area contributed by atoms with E-state index in [2.05, 4.69) is 25.5 Å². The number of anilines is 1. The summed E-state index contributed by atoms with van der Waals surface area (Å²) in [5, 5.41) is 8.95. The van der Waals surface area contributed by atoms with Crippen LogP contribution in [0.3, 0.4) is 0 Å². The summed E-state index contributed by atoms with van der Waals surface area (Å²) in [4.78, 5) is 19.9. The molecule has 0 aromatic carbocycles. The lowest BCUT2D eigenvalue weighted by Crippen LogP contribution is -2.14. The Labute approximate surface area is 104 Å². The number of rotatable bonds is 4. The molecule has 0 radical (unpaired) electrons. The van der Waals surface area contributed by atoms with Crippen molar-refractivity contribution in [3.63, 3.8) is 0 Å². The van der Waals surface area contributed by atoms with E-state index >= 15 is 0 Å². The summed E-state index contributed by atoms with van der Waals surface area (Å²) in [7, 11) is 0. The van der Waals surface area contributed by atoms with Crippen molar-refractivity contribution in [1.29, 1.82) is 0 Å². The summed E-state index contributed by atoms with van der Waals surface area (Å²) in [6.45, 7) is 4.06. The van der Waals surface area contributed by atoms with E-state index in [0.717, 1.165) is 0 Å². The topological polar surface area (TPSA) is 92.8 Å². The first-order valence-electron chi connectivity index (χ1n) is 5.49. The lowest BCUT2D eigenvalue weighted by atomic mass is 10.2. The molecule has 94 valence electrons. The number of carbonyl (C=O) groups is 1. The van der Waals surface area contributed by atoms with Crippen molar-refractivity contribution in [3.8, 4) is 6.01 Å². The number of carbonyl (C=O) groups excluding carboxylic acids is 1. The predicted octanol–water partition coefficient (Wildman–Crippen LogP) is 1.16. The van der Waals surface area contributed by atoms with Crippen LogP contribution in [0.1, 0.15) is 23.0 Å². The van der Waals surface area contributed by atoms with Gasteiger partial charge in [-0.05, 0) is 26.0 Å². The third-order valence-corrected chi connectivity index (χ3v) is 2.22. The van der Waals surface area contributed by atoms with E-state index in [1.165, 1.54) is 0 Å². The highest BCUT2D eigenvalue weighted by atomic mass is 16.5. The molecule has 2 heterocycles. The number of hydrogen-bond acceptors (Lipinski definition) is 5. The van der Waals surface area contributed by atoms with Crippen LogP contribution in [0.5, 0.6) is 6.01 Å². The van der Waals surface area contributed by atoms with Crippen molar-refractivity contribution in [1.82, 2.24) is 20.2 Å². The van der Waals surface area contributed by atoms with Crippen molar-refractivity contribution in [2.45, 2.75) is 13.8 Å². The highest BCUT2D eigenvalue weighted by Gasteiger charge is 2.12. The average molecular weight is 247 g/mol. The molecule has 0 unspecified atom stereocenters. The van der Waals surface area contributed by atoms with Gasteiger partial charge >= 0.3 is 6.01 Å². The fourth-order valence-corrected chi connectivity index (χ4v) is 1.40. The normalized spacial score (nSPS) is 10.1. The number of aryl methyl sites for hydroxylation is 1. The molecule has 18 heavy (non-hydrogen) atoms. The lowest BCUT2D eigenvalue weighted by Gasteiger charge is -2.03. The Morgan fingerprint density at radius 2 is 2.39 bits per heavy atom. The molecule has 0 fully saturated rings. The predicted molar refractivity (Wildman–Crippen MR) is 64.5 cm³/mol. The molecule has 0 aliphatic rings. The fraction of sp³-hybridized carbons (Fsp3) is 0.273. The summed E-state index contributed by atoms with van der Waals surface area (Å²) >= 11 is 0. The van der Waals surface area contributed by atoms with Gasteiger partial charge in [0.1, 0.15) is 0 Å². The maximum absolute atomic E-state index is 11.9. The van der Waals surface area contributed by atoms with Gasteiger partial charge in [-0.25, -0.2) is 5.10 Å². The maximum Gasteiger partial charge on any atom is 0.337 e. The van der Waals surface area contributed by atoms with Crippen molar-refractivity contribution >= 4 is 11.9 Å². The van der Waals surface area contributed by atoms with Crippen molar-refractivity contribution in [2.24, 2.45) is 0 Å². The minimum atomic E-state index is -0.292. The summed E-state index contributed by atoms with van der Waals surface area (Å²) in [5.41, 5.74) is 1.14. The van der Waals surface area contributed by atoms with Gasteiger partial charge in [-0.1, -0.05) is 0 Å². The Bertz CT molecular complexity index is 552. The van der Waals surface area contributed by atoms with E-state index in [1.54, 1.807) is 25.3 Å². The SMILES string of the molecule is CCOc1n[nH]c(NC(=O)c2cccnc2C)n1. The van der Waals surface area contributed by atoms with E-state index in [4.69, 9.17) is 4.74 Å². The molecule has 0 saturated heterocycles.